The lowest BCUT2D eigenvalue weighted by atomic mass is 10.0. The van der Waals surface area contributed by atoms with Crippen LogP contribution in [0, 0.1) is 5.82 Å². The number of nitrogens with zero attached hydrogens (tertiary/aromatic N) is 1. The lowest BCUT2D eigenvalue weighted by Gasteiger charge is -2.07. The minimum Gasteiger partial charge on any atom is -0.323 e. The highest BCUT2D eigenvalue weighted by molar-refractivity contribution is 6.01. The van der Waals surface area contributed by atoms with Crippen molar-refractivity contribution in [1.82, 2.24) is 0 Å². The summed E-state index contributed by atoms with van der Waals surface area (Å²) in [6.07, 6.45) is 2.36. The Labute approximate surface area is 88.3 Å². The highest BCUT2D eigenvalue weighted by Crippen LogP contribution is 2.26. The lowest BCUT2D eigenvalue weighted by Crippen LogP contribution is -2.25. The van der Waals surface area contributed by atoms with E-state index in [-0.39, 0.29) is 11.9 Å². The molecule has 0 saturated heterocycles. The second kappa shape index (κ2) is 3.95. The number of aliphatic imine (C=N–C) groups is 1. The number of allylic oxidation sites excluding steroid dienone is 1. The van der Waals surface area contributed by atoms with Crippen LogP contribution in [-0.2, 0) is 0 Å². The molecule has 0 spiro atoms. The van der Waals surface area contributed by atoms with Gasteiger partial charge in [-0.2, -0.15) is 0 Å². The predicted octanol–water partition coefficient (Wildman–Crippen LogP) is 2.36. The summed E-state index contributed by atoms with van der Waals surface area (Å²) < 4.78 is 13.4. The van der Waals surface area contributed by atoms with Crippen LogP contribution in [0.1, 0.15) is 18.9 Å². The Morgan fingerprint density at radius 1 is 1.40 bits per heavy atom. The van der Waals surface area contributed by atoms with E-state index in [4.69, 9.17) is 5.73 Å². The summed E-state index contributed by atoms with van der Waals surface area (Å²) >= 11 is 0. The van der Waals surface area contributed by atoms with E-state index in [0.717, 1.165) is 11.3 Å². The van der Waals surface area contributed by atoms with Gasteiger partial charge in [0, 0.05) is 29.9 Å². The summed E-state index contributed by atoms with van der Waals surface area (Å²) in [4.78, 5) is 4.20. The van der Waals surface area contributed by atoms with Gasteiger partial charge in [-0.3, -0.25) is 4.99 Å². The summed E-state index contributed by atoms with van der Waals surface area (Å²) in [6.45, 7) is 1.89. The molecule has 3 heteroatoms. The highest BCUT2D eigenvalue weighted by Gasteiger charge is 2.16. The molecule has 1 aliphatic rings. The molecule has 78 valence electrons. The summed E-state index contributed by atoms with van der Waals surface area (Å²) in [5.74, 6) is -0.204. The first kappa shape index (κ1) is 10.1. The summed E-state index contributed by atoms with van der Waals surface area (Å²) in [7, 11) is 0. The molecule has 1 aliphatic heterocycles. The molecule has 1 atom stereocenters. The Kier molecular flexibility index (Phi) is 2.64. The third kappa shape index (κ3) is 1.97. The molecule has 2 N–H and O–H groups in total. The van der Waals surface area contributed by atoms with E-state index < -0.39 is 0 Å². The summed E-state index contributed by atoms with van der Waals surface area (Å²) in [5.41, 5.74) is 8.15. The number of rotatable bonds is 2. The van der Waals surface area contributed by atoms with Crippen LogP contribution in [-0.4, -0.2) is 11.8 Å². The van der Waals surface area contributed by atoms with Crippen LogP contribution in [0.15, 0.2) is 35.5 Å². The third-order valence-electron chi connectivity index (χ3n) is 2.50. The van der Waals surface area contributed by atoms with Gasteiger partial charge in [0.2, 0.25) is 0 Å². The molecule has 0 amide bonds. The van der Waals surface area contributed by atoms with Gasteiger partial charge in [0.05, 0.1) is 0 Å². The van der Waals surface area contributed by atoms with Crippen LogP contribution in [0.25, 0.3) is 5.57 Å². The molecule has 0 unspecified atom stereocenters. The molecule has 2 rings (SSSR count). The molecule has 0 aromatic heterocycles. The van der Waals surface area contributed by atoms with Gasteiger partial charge < -0.3 is 5.73 Å². The fourth-order valence-electron chi connectivity index (χ4n) is 1.61. The van der Waals surface area contributed by atoms with E-state index in [1.807, 2.05) is 13.0 Å². The number of benzene rings is 1. The first-order chi connectivity index (χ1) is 7.18. The number of hydrogen-bond donors (Lipinski definition) is 1. The minimum absolute atomic E-state index is 0.0643. The Morgan fingerprint density at radius 2 is 2.13 bits per heavy atom. The minimum atomic E-state index is -0.204. The van der Waals surface area contributed by atoms with Crippen LogP contribution in [0.5, 0.6) is 0 Å². The maximum Gasteiger partial charge on any atom is 0.130 e. The van der Waals surface area contributed by atoms with Crippen molar-refractivity contribution in [3.63, 3.8) is 0 Å². The molecule has 2 nitrogen and oxygen atoms in total. The monoisotopic (exact) mass is 204 g/mol. The highest BCUT2D eigenvalue weighted by atomic mass is 19.1. The molecule has 15 heavy (non-hydrogen) atoms. The topological polar surface area (TPSA) is 38.4 Å². The fraction of sp³-hybridized carbons (Fsp3) is 0.250. The van der Waals surface area contributed by atoms with E-state index in [9.17, 15) is 4.39 Å². The van der Waals surface area contributed by atoms with E-state index in [0.29, 0.717) is 12.0 Å². The first-order valence-corrected chi connectivity index (χ1v) is 4.94. The van der Waals surface area contributed by atoms with Gasteiger partial charge in [-0.25, -0.2) is 4.39 Å². The quantitative estimate of drug-likeness (QED) is 0.789. The Morgan fingerprint density at radius 3 is 2.73 bits per heavy atom. The van der Waals surface area contributed by atoms with Crippen molar-refractivity contribution in [3.05, 3.63) is 41.8 Å². The zero-order valence-corrected chi connectivity index (χ0v) is 8.57. The third-order valence-corrected chi connectivity index (χ3v) is 2.50. The van der Waals surface area contributed by atoms with Crippen molar-refractivity contribution in [3.8, 4) is 0 Å². The van der Waals surface area contributed by atoms with Crippen molar-refractivity contribution in [2.75, 3.05) is 0 Å². The summed E-state index contributed by atoms with van der Waals surface area (Å²) in [6, 6.07) is 6.66. The molecule has 1 aromatic carbocycles. The molecule has 1 heterocycles. The number of halogens is 1. The van der Waals surface area contributed by atoms with Crippen molar-refractivity contribution in [2.45, 2.75) is 19.4 Å². The predicted molar refractivity (Wildman–Crippen MR) is 60.1 cm³/mol. The maximum atomic E-state index is 13.4. The Balaban J connectivity index is 2.21. The summed E-state index contributed by atoms with van der Waals surface area (Å²) in [5, 5.41) is 0. The van der Waals surface area contributed by atoms with Crippen LogP contribution in [0.3, 0.4) is 0 Å². The molecular weight excluding hydrogens is 191 g/mol. The van der Waals surface area contributed by atoms with Crippen LogP contribution >= 0.6 is 0 Å². The molecule has 1 aromatic rings. The van der Waals surface area contributed by atoms with Crippen molar-refractivity contribution < 1.29 is 4.39 Å². The average molecular weight is 204 g/mol. The van der Waals surface area contributed by atoms with Crippen molar-refractivity contribution >= 4 is 11.3 Å². The second-order valence-electron chi connectivity index (χ2n) is 3.72. The molecule has 0 saturated carbocycles. The lowest BCUT2D eigenvalue weighted by molar-refractivity contribution is 0.623. The number of nitrogens with two attached hydrogens (primary N) is 1. The van der Waals surface area contributed by atoms with E-state index >= 15 is 0 Å². The largest absolute Gasteiger partial charge is 0.323 e. The molecule has 0 fully saturated rings. The standard InChI is InChI=1S/C12H13FN2/c1-8(14)12-6-9(7-15-12)10-4-2-3-5-11(10)13/h2-5,7-8H,6,14H2,1H3/t8-/m0/s1. The molecule has 0 bridgehead atoms. The van der Waals surface area contributed by atoms with Gasteiger partial charge >= 0.3 is 0 Å². The normalized spacial score (nSPS) is 17.3. The molecular formula is C12H13FN2. The zero-order valence-electron chi connectivity index (χ0n) is 8.57. The van der Waals surface area contributed by atoms with Gasteiger partial charge in [-0.05, 0) is 18.6 Å². The Bertz CT molecular complexity index is 433. The van der Waals surface area contributed by atoms with Gasteiger partial charge in [-0.15, -0.1) is 0 Å². The maximum absolute atomic E-state index is 13.4. The molecule has 0 aliphatic carbocycles. The van der Waals surface area contributed by atoms with E-state index in [1.54, 1.807) is 18.3 Å². The van der Waals surface area contributed by atoms with Crippen molar-refractivity contribution in [2.24, 2.45) is 10.7 Å². The Hall–Kier alpha value is -1.48. The zero-order chi connectivity index (χ0) is 10.8. The average Bonchev–Trinajstić information content (AvgIpc) is 2.67. The van der Waals surface area contributed by atoms with Gasteiger partial charge in [0.1, 0.15) is 5.82 Å². The first-order valence-electron chi connectivity index (χ1n) is 4.94. The van der Waals surface area contributed by atoms with Crippen LogP contribution < -0.4 is 5.73 Å². The second-order valence-corrected chi connectivity index (χ2v) is 3.72. The van der Waals surface area contributed by atoms with Crippen LogP contribution in [0.4, 0.5) is 4.39 Å². The fourth-order valence-corrected chi connectivity index (χ4v) is 1.61. The molecule has 0 radical (unpaired) electrons. The van der Waals surface area contributed by atoms with Gasteiger partial charge in [-0.1, -0.05) is 18.2 Å². The number of hydrogen-bond acceptors (Lipinski definition) is 2. The van der Waals surface area contributed by atoms with Gasteiger partial charge in [0.15, 0.2) is 0 Å². The smallest absolute Gasteiger partial charge is 0.130 e. The SMILES string of the molecule is C[C@H](N)C1=NC=C(c2ccccc2F)C1. The van der Waals surface area contributed by atoms with Crippen molar-refractivity contribution in [1.29, 1.82) is 0 Å². The van der Waals surface area contributed by atoms with E-state index in [1.165, 1.54) is 6.07 Å². The van der Waals surface area contributed by atoms with E-state index in [2.05, 4.69) is 4.99 Å². The van der Waals surface area contributed by atoms with Crippen LogP contribution in [0.2, 0.25) is 0 Å². The van der Waals surface area contributed by atoms with Gasteiger partial charge in [0.25, 0.3) is 0 Å².